The van der Waals surface area contributed by atoms with Crippen LogP contribution in [-0.4, -0.2) is 71.1 Å². The van der Waals surface area contributed by atoms with Crippen molar-refractivity contribution in [1.29, 1.82) is 0 Å². The molecule has 3 atom stereocenters. The summed E-state index contributed by atoms with van der Waals surface area (Å²) < 4.78 is 45.5. The van der Waals surface area contributed by atoms with Crippen LogP contribution in [-0.2, 0) is 24.3 Å². The zero-order valence-corrected chi connectivity index (χ0v) is 19.9. The summed E-state index contributed by atoms with van der Waals surface area (Å²) in [4.78, 5) is 10.7. The van der Waals surface area contributed by atoms with Gasteiger partial charge in [-0.3, -0.25) is 4.79 Å². The van der Waals surface area contributed by atoms with Crippen molar-refractivity contribution in [3.63, 3.8) is 0 Å². The molecule has 1 aliphatic carbocycles. The topological polar surface area (TPSA) is 103 Å². The van der Waals surface area contributed by atoms with E-state index in [0.717, 1.165) is 62.7 Å². The molecule has 4 rings (SSSR count). The predicted molar refractivity (Wildman–Crippen MR) is 125 cm³/mol. The number of sulfonamides is 1. The van der Waals surface area contributed by atoms with E-state index in [1.54, 1.807) is 0 Å². The van der Waals surface area contributed by atoms with Crippen molar-refractivity contribution in [3.8, 4) is 5.75 Å². The van der Waals surface area contributed by atoms with E-state index in [4.69, 9.17) is 14.2 Å². The first-order valence-electron chi connectivity index (χ1n) is 12.2. The molecule has 2 heterocycles. The van der Waals surface area contributed by atoms with E-state index < -0.39 is 15.3 Å². The van der Waals surface area contributed by atoms with Gasteiger partial charge < -0.3 is 19.5 Å². The van der Waals surface area contributed by atoms with Gasteiger partial charge in [-0.05, 0) is 69.0 Å². The van der Waals surface area contributed by atoms with Crippen LogP contribution in [0.25, 0.3) is 0 Å². The first-order valence-corrected chi connectivity index (χ1v) is 13.7. The van der Waals surface area contributed by atoms with Crippen LogP contribution in [0.3, 0.4) is 0 Å². The number of para-hydroxylation sites is 1. The third kappa shape index (κ3) is 6.54. The normalized spacial score (nSPS) is 30.7. The second-order valence-electron chi connectivity index (χ2n) is 9.28. The molecular formula is C24H36N2O6S. The zero-order chi connectivity index (χ0) is 23.1. The van der Waals surface area contributed by atoms with Gasteiger partial charge in [0, 0.05) is 18.7 Å². The van der Waals surface area contributed by atoms with E-state index >= 15 is 0 Å². The second kappa shape index (κ2) is 11.8. The molecule has 3 aliphatic rings. The van der Waals surface area contributed by atoms with Gasteiger partial charge in [-0.15, -0.1) is 0 Å². The van der Waals surface area contributed by atoms with Gasteiger partial charge in [0.25, 0.3) is 0 Å². The van der Waals surface area contributed by atoms with Crippen LogP contribution in [0.5, 0.6) is 5.75 Å². The van der Waals surface area contributed by atoms with E-state index in [-0.39, 0.29) is 31.4 Å². The molecule has 33 heavy (non-hydrogen) atoms. The molecule has 0 bridgehead atoms. The maximum atomic E-state index is 12.7. The molecule has 0 radical (unpaired) electrons. The summed E-state index contributed by atoms with van der Waals surface area (Å²) in [7, 11) is -3.39. The van der Waals surface area contributed by atoms with Gasteiger partial charge >= 0.3 is 0 Å². The van der Waals surface area contributed by atoms with Crippen LogP contribution in [0.4, 0.5) is 0 Å². The molecule has 2 N–H and O–H groups in total. The smallest absolute Gasteiger partial charge is 0.217 e. The molecule has 1 aromatic carbocycles. The molecule has 2 saturated heterocycles. The van der Waals surface area contributed by atoms with Crippen LogP contribution in [0.2, 0.25) is 0 Å². The van der Waals surface area contributed by atoms with Gasteiger partial charge in [-0.2, -0.15) is 0 Å². The Hall–Kier alpha value is -1.52. The van der Waals surface area contributed by atoms with Gasteiger partial charge in [0.2, 0.25) is 10.0 Å². The summed E-state index contributed by atoms with van der Waals surface area (Å²) in [6, 6.07) is 7.78. The third-order valence-electron chi connectivity index (χ3n) is 7.08. The van der Waals surface area contributed by atoms with Crippen LogP contribution in [0, 0.1) is 0 Å². The summed E-state index contributed by atoms with van der Waals surface area (Å²) in [6.07, 6.45) is 7.18. The highest BCUT2D eigenvalue weighted by Crippen LogP contribution is 2.38. The maximum absolute atomic E-state index is 12.7. The Labute approximate surface area is 196 Å². The van der Waals surface area contributed by atoms with Gasteiger partial charge in [-0.1, -0.05) is 18.2 Å². The molecular weight excluding hydrogens is 444 g/mol. The summed E-state index contributed by atoms with van der Waals surface area (Å²) in [6.45, 7) is 2.25. The average Bonchev–Trinajstić information content (AvgIpc) is 3.39. The van der Waals surface area contributed by atoms with Crippen LogP contribution in [0.1, 0.15) is 56.4 Å². The fraction of sp³-hybridized carbons (Fsp3) is 0.708. The molecule has 184 valence electrons. The SMILES string of the molecule is O=CCOc1ccccc1[C@H]1CC[C@@H](OC[C@@H]2NCCC[C@@H]2NS(=O)(=O)[C@H]2CCOC2)CC1. The lowest BCUT2D eigenvalue weighted by Gasteiger charge is -2.35. The standard InChI is InChI=1S/C24H36N2O6S/c27-13-15-31-24-6-2-1-4-21(24)18-7-9-19(10-8-18)32-17-23-22(5-3-12-25-23)26-33(28,29)20-11-14-30-16-20/h1-2,4,6,13,18-20,22-23,25-26H,3,5,7-12,14-17H2/t18-,19+,20-,22-,23-/m0/s1. The Kier molecular flexibility index (Phi) is 8.76. The van der Waals surface area contributed by atoms with Crippen molar-refractivity contribution < 1.29 is 27.4 Å². The molecule has 9 heteroatoms. The number of aldehydes is 1. The molecule has 0 unspecified atom stereocenters. The minimum atomic E-state index is -3.39. The Morgan fingerprint density at radius 3 is 2.70 bits per heavy atom. The van der Waals surface area contributed by atoms with Gasteiger partial charge in [0.15, 0.2) is 6.29 Å². The Bertz CT molecular complexity index is 865. The number of benzene rings is 1. The van der Waals surface area contributed by atoms with E-state index in [2.05, 4.69) is 16.1 Å². The van der Waals surface area contributed by atoms with Gasteiger partial charge in [-0.25, -0.2) is 13.1 Å². The highest BCUT2D eigenvalue weighted by atomic mass is 32.2. The first-order chi connectivity index (χ1) is 16.1. The molecule has 0 spiro atoms. The molecule has 0 amide bonds. The number of carbonyl (C=O) groups excluding carboxylic acids is 1. The predicted octanol–water partition coefficient (Wildman–Crippen LogP) is 2.14. The fourth-order valence-electron chi connectivity index (χ4n) is 5.19. The molecule has 3 fully saturated rings. The van der Waals surface area contributed by atoms with E-state index in [1.165, 1.54) is 0 Å². The second-order valence-corrected chi connectivity index (χ2v) is 11.3. The third-order valence-corrected chi connectivity index (χ3v) is 8.96. The largest absolute Gasteiger partial charge is 0.486 e. The quantitative estimate of drug-likeness (QED) is 0.495. The van der Waals surface area contributed by atoms with Gasteiger partial charge in [0.05, 0.1) is 19.3 Å². The average molecular weight is 481 g/mol. The first kappa shape index (κ1) is 24.6. The van der Waals surface area contributed by atoms with Crippen molar-refractivity contribution in [2.45, 2.75) is 74.3 Å². The highest BCUT2D eigenvalue weighted by molar-refractivity contribution is 7.90. The number of rotatable bonds is 10. The monoisotopic (exact) mass is 480 g/mol. The molecule has 2 aliphatic heterocycles. The number of hydrogen-bond donors (Lipinski definition) is 2. The van der Waals surface area contributed by atoms with E-state index in [0.29, 0.717) is 25.6 Å². The summed E-state index contributed by atoms with van der Waals surface area (Å²) in [5.74, 6) is 1.19. The van der Waals surface area contributed by atoms with Crippen molar-refractivity contribution in [1.82, 2.24) is 10.0 Å². The van der Waals surface area contributed by atoms with E-state index in [1.807, 2.05) is 18.2 Å². The summed E-state index contributed by atoms with van der Waals surface area (Å²) in [5, 5.41) is 3.01. The Morgan fingerprint density at radius 1 is 1.12 bits per heavy atom. The molecule has 1 saturated carbocycles. The van der Waals surface area contributed by atoms with Crippen molar-refractivity contribution >= 4 is 16.3 Å². The number of nitrogens with one attached hydrogen (secondary N) is 2. The van der Waals surface area contributed by atoms with Gasteiger partial charge in [0.1, 0.15) is 17.6 Å². The summed E-state index contributed by atoms with van der Waals surface area (Å²) in [5.41, 5.74) is 1.16. The lowest BCUT2D eigenvalue weighted by molar-refractivity contribution is -0.109. The lowest BCUT2D eigenvalue weighted by atomic mass is 9.82. The number of hydrogen-bond acceptors (Lipinski definition) is 7. The summed E-state index contributed by atoms with van der Waals surface area (Å²) >= 11 is 0. The Balaban J connectivity index is 1.27. The highest BCUT2D eigenvalue weighted by Gasteiger charge is 2.35. The van der Waals surface area contributed by atoms with E-state index in [9.17, 15) is 13.2 Å². The Morgan fingerprint density at radius 2 is 1.94 bits per heavy atom. The minimum Gasteiger partial charge on any atom is -0.486 e. The molecule has 8 nitrogen and oxygen atoms in total. The van der Waals surface area contributed by atoms with Crippen LogP contribution >= 0.6 is 0 Å². The van der Waals surface area contributed by atoms with Crippen molar-refractivity contribution in [2.24, 2.45) is 0 Å². The van der Waals surface area contributed by atoms with Crippen molar-refractivity contribution in [2.75, 3.05) is 33.0 Å². The van der Waals surface area contributed by atoms with Crippen molar-refractivity contribution in [3.05, 3.63) is 29.8 Å². The number of carbonyl (C=O) groups is 1. The molecule has 0 aromatic heterocycles. The minimum absolute atomic E-state index is 0.0222. The number of piperidine rings is 1. The fourth-order valence-corrected chi connectivity index (χ4v) is 6.77. The molecule has 1 aromatic rings. The van der Waals surface area contributed by atoms with Crippen LogP contribution < -0.4 is 14.8 Å². The zero-order valence-electron chi connectivity index (χ0n) is 19.1. The van der Waals surface area contributed by atoms with Crippen LogP contribution in [0.15, 0.2) is 24.3 Å². The maximum Gasteiger partial charge on any atom is 0.217 e. The lowest BCUT2D eigenvalue weighted by Crippen LogP contribution is -2.57. The number of ether oxygens (including phenoxy) is 3.